The summed E-state index contributed by atoms with van der Waals surface area (Å²) in [5, 5.41) is 11.6. The molecular weight excluding hydrogens is 263 g/mol. The number of anilines is 1. The summed E-state index contributed by atoms with van der Waals surface area (Å²) in [7, 11) is 0. The van der Waals surface area contributed by atoms with Crippen LogP contribution < -0.4 is 10.2 Å². The lowest BCUT2D eigenvalue weighted by molar-refractivity contribution is -0.139. The molecule has 2 rings (SSSR count). The number of carbonyl (C=O) groups excluding carboxylic acids is 1. The lowest BCUT2D eigenvalue weighted by Crippen LogP contribution is -2.49. The van der Waals surface area contributed by atoms with Crippen LogP contribution in [0.1, 0.15) is 19.8 Å². The van der Waals surface area contributed by atoms with Gasteiger partial charge in [-0.3, -0.25) is 4.90 Å². The topological polar surface area (TPSA) is 69.6 Å². The highest BCUT2D eigenvalue weighted by atomic mass is 19.1. The maximum atomic E-state index is 13.2. The van der Waals surface area contributed by atoms with Gasteiger partial charge in [0.05, 0.1) is 0 Å². The smallest absolute Gasteiger partial charge is 0.326 e. The number of urea groups is 1. The Kier molecular flexibility index (Phi) is 4.22. The molecule has 0 aromatic heterocycles. The predicted molar refractivity (Wildman–Crippen MR) is 72.1 cm³/mol. The average Bonchev–Trinajstić information content (AvgIpc) is 3.21. The second-order valence-electron chi connectivity index (χ2n) is 4.83. The standard InChI is InChI=1S/C14H17FN2O3/c1-2-17(11-5-3-4-10(15)8-11)14(20)16-12(13(18)19)9-6-7-9/h3-5,8-9,12H,2,6-7H2,1H3,(H,16,20)(H,18,19). The quantitative estimate of drug-likeness (QED) is 0.869. The van der Waals surface area contributed by atoms with Crippen molar-refractivity contribution in [3.05, 3.63) is 30.1 Å². The fourth-order valence-electron chi connectivity index (χ4n) is 2.11. The van der Waals surface area contributed by atoms with Crippen LogP contribution in [0.5, 0.6) is 0 Å². The molecule has 0 spiro atoms. The molecule has 1 aliphatic rings. The van der Waals surface area contributed by atoms with E-state index in [1.165, 1.54) is 23.1 Å². The minimum atomic E-state index is -1.03. The highest BCUT2D eigenvalue weighted by Gasteiger charge is 2.38. The van der Waals surface area contributed by atoms with Crippen LogP contribution in [0.3, 0.4) is 0 Å². The van der Waals surface area contributed by atoms with Gasteiger partial charge in [-0.1, -0.05) is 6.07 Å². The summed E-state index contributed by atoms with van der Waals surface area (Å²) in [5.74, 6) is -1.47. The number of halogens is 1. The van der Waals surface area contributed by atoms with E-state index in [0.717, 1.165) is 12.8 Å². The highest BCUT2D eigenvalue weighted by Crippen LogP contribution is 2.33. The van der Waals surface area contributed by atoms with E-state index in [9.17, 15) is 14.0 Å². The summed E-state index contributed by atoms with van der Waals surface area (Å²) in [6, 6.07) is 4.27. The number of carbonyl (C=O) groups is 2. The Bertz CT molecular complexity index is 517. The Morgan fingerprint density at radius 2 is 2.20 bits per heavy atom. The summed E-state index contributed by atoms with van der Waals surface area (Å²) >= 11 is 0. The molecule has 0 bridgehead atoms. The van der Waals surface area contributed by atoms with Crippen LogP contribution in [0.25, 0.3) is 0 Å². The van der Waals surface area contributed by atoms with Crippen molar-refractivity contribution in [1.29, 1.82) is 0 Å². The van der Waals surface area contributed by atoms with E-state index < -0.39 is 23.9 Å². The average molecular weight is 280 g/mol. The normalized spacial score (nSPS) is 15.5. The second-order valence-corrected chi connectivity index (χ2v) is 4.83. The van der Waals surface area contributed by atoms with Gasteiger partial charge in [0.2, 0.25) is 0 Å². The zero-order valence-electron chi connectivity index (χ0n) is 11.2. The molecule has 1 fully saturated rings. The van der Waals surface area contributed by atoms with Gasteiger partial charge in [0, 0.05) is 12.2 Å². The van der Waals surface area contributed by atoms with Gasteiger partial charge in [0.25, 0.3) is 0 Å². The van der Waals surface area contributed by atoms with Gasteiger partial charge in [-0.15, -0.1) is 0 Å². The Hall–Kier alpha value is -2.11. The molecule has 1 atom stereocenters. The third kappa shape index (κ3) is 3.26. The molecule has 0 radical (unpaired) electrons. The van der Waals surface area contributed by atoms with Crippen LogP contribution >= 0.6 is 0 Å². The summed E-state index contributed by atoms with van der Waals surface area (Å²) < 4.78 is 13.2. The molecule has 0 aliphatic heterocycles. The van der Waals surface area contributed by atoms with Crippen LogP contribution in [-0.4, -0.2) is 29.7 Å². The molecule has 1 saturated carbocycles. The highest BCUT2D eigenvalue weighted by molar-refractivity contribution is 5.94. The molecule has 1 aliphatic carbocycles. The van der Waals surface area contributed by atoms with Crippen molar-refractivity contribution in [2.45, 2.75) is 25.8 Å². The maximum absolute atomic E-state index is 13.2. The Morgan fingerprint density at radius 1 is 1.50 bits per heavy atom. The molecule has 0 heterocycles. The van der Waals surface area contributed by atoms with Crippen LogP contribution in [-0.2, 0) is 4.79 Å². The molecule has 108 valence electrons. The van der Waals surface area contributed by atoms with Gasteiger partial charge in [-0.25, -0.2) is 14.0 Å². The molecule has 0 saturated heterocycles. The fourth-order valence-corrected chi connectivity index (χ4v) is 2.11. The number of carboxylic acids is 1. The lowest BCUT2D eigenvalue weighted by Gasteiger charge is -2.24. The Balaban J connectivity index is 2.10. The third-order valence-electron chi connectivity index (χ3n) is 3.32. The summed E-state index contributed by atoms with van der Waals surface area (Å²) in [6.45, 7) is 2.07. The van der Waals surface area contributed by atoms with E-state index in [4.69, 9.17) is 5.11 Å². The van der Waals surface area contributed by atoms with E-state index in [-0.39, 0.29) is 5.92 Å². The van der Waals surface area contributed by atoms with E-state index in [1.807, 2.05) is 0 Å². The molecule has 1 aromatic rings. The first-order valence-electron chi connectivity index (χ1n) is 6.59. The number of nitrogens with zero attached hydrogens (tertiary/aromatic N) is 1. The number of benzene rings is 1. The van der Waals surface area contributed by atoms with Gasteiger partial charge < -0.3 is 10.4 Å². The van der Waals surface area contributed by atoms with E-state index in [0.29, 0.717) is 12.2 Å². The Morgan fingerprint density at radius 3 is 2.70 bits per heavy atom. The molecule has 2 amide bonds. The van der Waals surface area contributed by atoms with Gasteiger partial charge in [-0.05, 0) is 43.9 Å². The summed E-state index contributed by atoms with van der Waals surface area (Å²) in [4.78, 5) is 24.6. The molecule has 5 nitrogen and oxygen atoms in total. The Labute approximate surface area is 116 Å². The minimum absolute atomic E-state index is 0.00247. The molecule has 1 unspecified atom stereocenters. The van der Waals surface area contributed by atoms with Gasteiger partial charge >= 0.3 is 12.0 Å². The maximum Gasteiger partial charge on any atom is 0.326 e. The van der Waals surface area contributed by atoms with Crippen molar-refractivity contribution in [2.24, 2.45) is 5.92 Å². The SMILES string of the molecule is CCN(C(=O)NC(C(=O)O)C1CC1)c1cccc(F)c1. The third-order valence-corrected chi connectivity index (χ3v) is 3.32. The number of hydrogen-bond donors (Lipinski definition) is 2. The van der Waals surface area contributed by atoms with Crippen LogP contribution in [0.4, 0.5) is 14.9 Å². The molecular formula is C14H17FN2O3. The predicted octanol–water partition coefficient (Wildman–Crippen LogP) is 2.22. The lowest BCUT2D eigenvalue weighted by atomic mass is 10.2. The van der Waals surface area contributed by atoms with Crippen LogP contribution in [0.15, 0.2) is 24.3 Å². The van der Waals surface area contributed by atoms with Gasteiger partial charge in [0.15, 0.2) is 0 Å². The molecule has 20 heavy (non-hydrogen) atoms. The first kappa shape index (κ1) is 14.3. The van der Waals surface area contributed by atoms with Crippen molar-refractivity contribution < 1.29 is 19.1 Å². The second kappa shape index (κ2) is 5.90. The molecule has 2 N–H and O–H groups in total. The number of hydrogen-bond acceptors (Lipinski definition) is 2. The number of nitrogens with one attached hydrogen (secondary N) is 1. The zero-order chi connectivity index (χ0) is 14.7. The van der Waals surface area contributed by atoms with Gasteiger partial charge in [0.1, 0.15) is 11.9 Å². The molecule has 1 aromatic carbocycles. The fraction of sp³-hybridized carbons (Fsp3) is 0.429. The first-order chi connectivity index (χ1) is 9.52. The van der Waals surface area contributed by atoms with Gasteiger partial charge in [-0.2, -0.15) is 0 Å². The zero-order valence-corrected chi connectivity index (χ0v) is 11.2. The minimum Gasteiger partial charge on any atom is -0.480 e. The number of aliphatic carboxylic acids is 1. The van der Waals surface area contributed by atoms with E-state index in [2.05, 4.69) is 5.32 Å². The van der Waals surface area contributed by atoms with Crippen molar-refractivity contribution in [3.63, 3.8) is 0 Å². The number of amides is 2. The van der Waals surface area contributed by atoms with Crippen LogP contribution in [0, 0.1) is 11.7 Å². The first-order valence-corrected chi connectivity index (χ1v) is 6.59. The van der Waals surface area contributed by atoms with Crippen molar-refractivity contribution in [1.82, 2.24) is 5.32 Å². The summed E-state index contributed by atoms with van der Waals surface area (Å²) in [5.41, 5.74) is 0.407. The van der Waals surface area contributed by atoms with Crippen molar-refractivity contribution in [2.75, 3.05) is 11.4 Å². The van der Waals surface area contributed by atoms with E-state index >= 15 is 0 Å². The van der Waals surface area contributed by atoms with Crippen LogP contribution in [0.2, 0.25) is 0 Å². The monoisotopic (exact) mass is 280 g/mol. The number of rotatable bonds is 5. The molecule has 6 heteroatoms. The largest absolute Gasteiger partial charge is 0.480 e. The van der Waals surface area contributed by atoms with Crippen molar-refractivity contribution >= 4 is 17.7 Å². The summed E-state index contributed by atoms with van der Waals surface area (Å²) in [6.07, 6.45) is 1.62. The van der Waals surface area contributed by atoms with E-state index in [1.54, 1.807) is 13.0 Å². The van der Waals surface area contributed by atoms with Crippen molar-refractivity contribution in [3.8, 4) is 0 Å². The number of carboxylic acid groups (broad SMARTS) is 1.